The number of halogens is 4. The molecule has 5 nitrogen and oxygen atoms in total. The largest absolute Gasteiger partial charge is 0.416 e. The van der Waals surface area contributed by atoms with E-state index in [4.69, 9.17) is 11.6 Å². The minimum Gasteiger partial charge on any atom is -0.258 e. The SMILES string of the molecule is Cc1c([N+](=O)[O-])cnn1-c1ccc(C(F)(F)F)cc1Cl. The van der Waals surface area contributed by atoms with Gasteiger partial charge in [0, 0.05) is 0 Å². The molecule has 0 amide bonds. The predicted octanol–water partition coefficient (Wildman–Crippen LogP) is 3.76. The fourth-order valence-corrected chi connectivity index (χ4v) is 1.94. The van der Waals surface area contributed by atoms with Crippen LogP contribution in [0, 0.1) is 17.0 Å². The Hall–Kier alpha value is -2.09. The first-order valence-corrected chi connectivity index (χ1v) is 5.65. The highest BCUT2D eigenvalue weighted by Crippen LogP contribution is 2.33. The van der Waals surface area contributed by atoms with E-state index in [1.807, 2.05) is 0 Å². The van der Waals surface area contributed by atoms with Crippen LogP contribution in [0.3, 0.4) is 0 Å². The van der Waals surface area contributed by atoms with Crippen molar-refractivity contribution >= 4 is 17.3 Å². The zero-order chi connectivity index (χ0) is 15.1. The quantitative estimate of drug-likeness (QED) is 0.627. The Morgan fingerprint density at radius 1 is 1.40 bits per heavy atom. The zero-order valence-corrected chi connectivity index (χ0v) is 10.7. The third kappa shape index (κ3) is 2.46. The third-order valence-corrected chi connectivity index (χ3v) is 2.99. The summed E-state index contributed by atoms with van der Waals surface area (Å²) in [5.74, 6) is 0. The second-order valence-electron chi connectivity index (χ2n) is 3.95. The lowest BCUT2D eigenvalue weighted by Crippen LogP contribution is -2.07. The molecule has 106 valence electrons. The van der Waals surface area contributed by atoms with Gasteiger partial charge in [0.1, 0.15) is 11.9 Å². The van der Waals surface area contributed by atoms with Gasteiger partial charge in [0.2, 0.25) is 0 Å². The summed E-state index contributed by atoms with van der Waals surface area (Å²) < 4.78 is 38.7. The van der Waals surface area contributed by atoms with Crippen LogP contribution in [0.15, 0.2) is 24.4 Å². The van der Waals surface area contributed by atoms with Crippen LogP contribution >= 0.6 is 11.6 Å². The monoisotopic (exact) mass is 305 g/mol. The molecule has 0 saturated carbocycles. The Bertz CT molecular complexity index is 682. The van der Waals surface area contributed by atoms with Crippen LogP contribution < -0.4 is 0 Å². The van der Waals surface area contributed by atoms with Gasteiger partial charge in [-0.3, -0.25) is 10.1 Å². The molecule has 9 heteroatoms. The smallest absolute Gasteiger partial charge is 0.258 e. The molecule has 2 rings (SSSR count). The van der Waals surface area contributed by atoms with E-state index < -0.39 is 16.7 Å². The molecule has 20 heavy (non-hydrogen) atoms. The standard InChI is InChI=1S/C11H7ClF3N3O2/c1-6-10(18(19)20)5-16-17(6)9-3-2-7(4-8(9)12)11(13,14)15/h2-5H,1H3. The number of nitro groups is 1. The summed E-state index contributed by atoms with van der Waals surface area (Å²) in [6.45, 7) is 1.43. The van der Waals surface area contributed by atoms with Crippen molar-refractivity contribution in [2.75, 3.05) is 0 Å². The van der Waals surface area contributed by atoms with Crippen LogP contribution in [0.5, 0.6) is 0 Å². The van der Waals surface area contributed by atoms with E-state index in [-0.39, 0.29) is 22.1 Å². The number of hydrogen-bond donors (Lipinski definition) is 0. The molecule has 0 unspecified atom stereocenters. The van der Waals surface area contributed by atoms with Gasteiger partial charge in [0.25, 0.3) is 0 Å². The van der Waals surface area contributed by atoms with Gasteiger partial charge in [0.05, 0.1) is 21.2 Å². The highest BCUT2D eigenvalue weighted by atomic mass is 35.5. The van der Waals surface area contributed by atoms with Gasteiger partial charge in [0.15, 0.2) is 0 Å². The fraction of sp³-hybridized carbons (Fsp3) is 0.182. The number of nitrogens with zero attached hydrogens (tertiary/aromatic N) is 3. The average Bonchev–Trinajstić information content (AvgIpc) is 2.70. The minimum atomic E-state index is -4.51. The van der Waals surface area contributed by atoms with Crippen LogP contribution in [0.2, 0.25) is 5.02 Å². The maximum absolute atomic E-state index is 12.5. The van der Waals surface area contributed by atoms with E-state index >= 15 is 0 Å². The highest BCUT2D eigenvalue weighted by molar-refractivity contribution is 6.32. The molecule has 0 aliphatic rings. The van der Waals surface area contributed by atoms with E-state index in [1.54, 1.807) is 0 Å². The Labute approximate surface area is 115 Å². The summed E-state index contributed by atoms with van der Waals surface area (Å²) in [6, 6.07) is 2.72. The van der Waals surface area contributed by atoms with Crippen molar-refractivity contribution in [2.24, 2.45) is 0 Å². The summed E-state index contributed by atoms with van der Waals surface area (Å²) in [5, 5.41) is 14.3. The average molecular weight is 306 g/mol. The Morgan fingerprint density at radius 2 is 2.05 bits per heavy atom. The first kappa shape index (κ1) is 14.3. The Kier molecular flexibility index (Phi) is 3.43. The maximum Gasteiger partial charge on any atom is 0.416 e. The molecule has 0 N–H and O–H groups in total. The lowest BCUT2D eigenvalue weighted by Gasteiger charge is -2.10. The number of rotatable bonds is 2. The second-order valence-corrected chi connectivity index (χ2v) is 4.36. The van der Waals surface area contributed by atoms with Crippen molar-refractivity contribution in [1.82, 2.24) is 9.78 Å². The molecular formula is C11H7ClF3N3O2. The summed E-state index contributed by atoms with van der Waals surface area (Å²) in [4.78, 5) is 10.1. The summed E-state index contributed by atoms with van der Waals surface area (Å²) in [6.07, 6.45) is -3.49. The van der Waals surface area contributed by atoms with Crippen molar-refractivity contribution in [3.05, 3.63) is 50.8 Å². The van der Waals surface area contributed by atoms with Crippen LogP contribution in [0.25, 0.3) is 5.69 Å². The lowest BCUT2D eigenvalue weighted by molar-refractivity contribution is -0.385. The molecular weight excluding hydrogens is 299 g/mol. The molecule has 2 aromatic rings. The number of benzene rings is 1. The van der Waals surface area contributed by atoms with E-state index in [1.165, 1.54) is 6.92 Å². The van der Waals surface area contributed by atoms with Crippen molar-refractivity contribution < 1.29 is 18.1 Å². The number of hydrogen-bond acceptors (Lipinski definition) is 3. The van der Waals surface area contributed by atoms with E-state index in [0.717, 1.165) is 29.1 Å². The maximum atomic E-state index is 12.5. The highest BCUT2D eigenvalue weighted by Gasteiger charge is 2.31. The van der Waals surface area contributed by atoms with E-state index in [0.29, 0.717) is 0 Å². The predicted molar refractivity (Wildman–Crippen MR) is 65.0 cm³/mol. The molecule has 1 aromatic carbocycles. The molecule has 0 saturated heterocycles. The van der Waals surface area contributed by atoms with Crippen molar-refractivity contribution in [3.63, 3.8) is 0 Å². The summed E-state index contributed by atoms with van der Waals surface area (Å²) in [5.41, 5.74) is -0.812. The first-order valence-electron chi connectivity index (χ1n) is 5.28. The zero-order valence-electron chi connectivity index (χ0n) is 9.98. The number of aromatic nitrogens is 2. The van der Waals surface area contributed by atoms with Gasteiger partial charge in [-0.25, -0.2) is 4.68 Å². The molecule has 0 radical (unpaired) electrons. The van der Waals surface area contributed by atoms with Crippen LogP contribution in [-0.2, 0) is 6.18 Å². The fourth-order valence-electron chi connectivity index (χ4n) is 1.68. The summed E-state index contributed by atoms with van der Waals surface area (Å²) in [7, 11) is 0. The lowest BCUT2D eigenvalue weighted by atomic mass is 10.2. The Balaban J connectivity index is 2.52. The van der Waals surface area contributed by atoms with E-state index in [9.17, 15) is 23.3 Å². The minimum absolute atomic E-state index is 0.144. The molecule has 0 spiro atoms. The summed E-state index contributed by atoms with van der Waals surface area (Å²) >= 11 is 5.80. The van der Waals surface area contributed by atoms with Gasteiger partial charge in [-0.05, 0) is 25.1 Å². The van der Waals surface area contributed by atoms with Gasteiger partial charge >= 0.3 is 11.9 Å². The van der Waals surface area contributed by atoms with Crippen molar-refractivity contribution in [2.45, 2.75) is 13.1 Å². The topological polar surface area (TPSA) is 61.0 Å². The molecule has 1 aromatic heterocycles. The molecule has 1 heterocycles. The van der Waals surface area contributed by atoms with Crippen molar-refractivity contribution in [3.8, 4) is 5.69 Å². The number of alkyl halides is 3. The first-order chi connectivity index (χ1) is 9.21. The van der Waals surface area contributed by atoms with Crippen LogP contribution in [0.1, 0.15) is 11.3 Å². The molecule has 0 bridgehead atoms. The van der Waals surface area contributed by atoms with Crippen molar-refractivity contribution in [1.29, 1.82) is 0 Å². The molecule has 0 fully saturated rings. The molecule has 0 aliphatic carbocycles. The van der Waals surface area contributed by atoms with E-state index in [2.05, 4.69) is 5.10 Å². The molecule has 0 atom stereocenters. The normalized spacial score (nSPS) is 11.7. The molecule has 0 aliphatic heterocycles. The van der Waals surface area contributed by atoms with Gasteiger partial charge in [-0.1, -0.05) is 11.6 Å². The Morgan fingerprint density at radius 3 is 2.50 bits per heavy atom. The van der Waals surface area contributed by atoms with Gasteiger partial charge in [-0.15, -0.1) is 0 Å². The third-order valence-electron chi connectivity index (χ3n) is 2.68. The van der Waals surface area contributed by atoms with Crippen LogP contribution in [0.4, 0.5) is 18.9 Å². The van der Waals surface area contributed by atoms with Crippen LogP contribution in [-0.4, -0.2) is 14.7 Å². The van der Waals surface area contributed by atoms with Gasteiger partial charge in [-0.2, -0.15) is 18.3 Å². The van der Waals surface area contributed by atoms with Gasteiger partial charge < -0.3 is 0 Å². The second kappa shape index (κ2) is 4.78.